The van der Waals surface area contributed by atoms with Gasteiger partial charge in [0.2, 0.25) is 0 Å². The maximum absolute atomic E-state index is 14.1. The molecule has 5 rings (SSSR count). The van der Waals surface area contributed by atoms with Crippen LogP contribution < -0.4 is 10.6 Å². The third-order valence-corrected chi connectivity index (χ3v) is 9.29. The summed E-state index contributed by atoms with van der Waals surface area (Å²) in [5.41, 5.74) is 10.5. The Morgan fingerprint density at radius 1 is 1.16 bits per heavy atom. The predicted molar refractivity (Wildman–Crippen MR) is 167 cm³/mol. The molecule has 7 nitrogen and oxygen atoms in total. The molecular weight excluding hydrogens is 587 g/mol. The average molecular weight is 617 g/mol. The second-order valence-electron chi connectivity index (χ2n) is 11.8. The lowest BCUT2D eigenvalue weighted by atomic mass is 9.68. The fraction of sp³-hybridized carbons (Fsp3) is 0.273. The normalized spacial score (nSPS) is 18.0. The fourth-order valence-corrected chi connectivity index (χ4v) is 7.11. The number of allylic oxidation sites excluding steroid dienone is 3. The highest BCUT2D eigenvalue weighted by molar-refractivity contribution is 7.98. The van der Waals surface area contributed by atoms with E-state index in [1.165, 1.54) is 11.0 Å². The topological polar surface area (TPSA) is 113 Å². The molecule has 0 fully saturated rings. The van der Waals surface area contributed by atoms with Gasteiger partial charge >= 0.3 is 0 Å². The highest BCUT2D eigenvalue weighted by atomic mass is 35.5. The molecule has 2 aliphatic rings. The van der Waals surface area contributed by atoms with Crippen molar-refractivity contribution in [2.75, 3.05) is 4.90 Å². The summed E-state index contributed by atoms with van der Waals surface area (Å²) >= 11 is 7.70. The molecule has 1 atom stereocenters. The Kier molecular flexibility index (Phi) is 8.12. The monoisotopic (exact) mass is 616 g/mol. The smallest absolute Gasteiger partial charge is 0.296 e. The minimum atomic E-state index is -0.776. The molecule has 2 N–H and O–H groups in total. The van der Waals surface area contributed by atoms with Gasteiger partial charge in [0.25, 0.3) is 5.69 Å². The first-order chi connectivity index (χ1) is 20.3. The zero-order valence-corrected chi connectivity index (χ0v) is 25.8. The van der Waals surface area contributed by atoms with E-state index in [4.69, 9.17) is 17.3 Å². The Hall–Kier alpha value is -4.13. The Labute approximate surface area is 259 Å². The van der Waals surface area contributed by atoms with Crippen molar-refractivity contribution in [3.8, 4) is 6.07 Å². The van der Waals surface area contributed by atoms with Crippen molar-refractivity contribution in [2.45, 2.75) is 57.1 Å². The van der Waals surface area contributed by atoms with Gasteiger partial charge in [-0.15, -0.1) is 11.8 Å². The molecule has 1 unspecified atom stereocenters. The summed E-state index contributed by atoms with van der Waals surface area (Å²) in [6.07, 6.45) is 0.618. The number of carbonyl (C=O) groups excluding carboxylic acids is 1. The van der Waals surface area contributed by atoms with Crippen LogP contribution in [0.1, 0.15) is 54.9 Å². The summed E-state index contributed by atoms with van der Waals surface area (Å²) in [6, 6.07) is 17.1. The summed E-state index contributed by atoms with van der Waals surface area (Å²) in [5, 5.41) is 23.2. The van der Waals surface area contributed by atoms with Crippen molar-refractivity contribution in [1.29, 1.82) is 5.26 Å². The quantitative estimate of drug-likeness (QED) is 0.168. The number of hydrogen-bond donors (Lipinski definition) is 1. The van der Waals surface area contributed by atoms with Gasteiger partial charge < -0.3 is 5.73 Å². The second-order valence-corrected chi connectivity index (χ2v) is 13.2. The van der Waals surface area contributed by atoms with Crippen molar-refractivity contribution >= 4 is 40.5 Å². The first-order valence-electron chi connectivity index (χ1n) is 13.7. The summed E-state index contributed by atoms with van der Waals surface area (Å²) in [7, 11) is 0. The number of rotatable bonds is 6. The van der Waals surface area contributed by atoms with Crippen LogP contribution >= 0.6 is 23.4 Å². The van der Waals surface area contributed by atoms with Crippen LogP contribution in [0.3, 0.4) is 0 Å². The molecule has 0 saturated heterocycles. The van der Waals surface area contributed by atoms with E-state index in [1.807, 2.05) is 58.0 Å². The number of nitro groups is 1. The summed E-state index contributed by atoms with van der Waals surface area (Å²) in [4.78, 5) is 27.8. The lowest BCUT2D eigenvalue weighted by Crippen LogP contribution is -2.42. The number of nitro benzene ring substituents is 1. The first-order valence-corrected chi connectivity index (χ1v) is 15.1. The van der Waals surface area contributed by atoms with Crippen molar-refractivity contribution in [3.63, 3.8) is 0 Å². The van der Waals surface area contributed by atoms with Crippen LogP contribution in [0.2, 0.25) is 5.02 Å². The molecule has 1 aliphatic heterocycles. The number of anilines is 1. The third-order valence-electron chi connectivity index (χ3n) is 7.97. The zero-order chi connectivity index (χ0) is 31.2. The molecule has 220 valence electrons. The molecular formula is C33H30ClFN4O3S. The van der Waals surface area contributed by atoms with Crippen LogP contribution in [0.15, 0.2) is 82.2 Å². The van der Waals surface area contributed by atoms with Gasteiger partial charge in [-0.2, -0.15) is 5.26 Å². The Balaban J connectivity index is 1.70. The number of aryl methyl sites for hydroxylation is 1. The van der Waals surface area contributed by atoms with Gasteiger partial charge in [0.1, 0.15) is 17.3 Å². The van der Waals surface area contributed by atoms with E-state index in [1.54, 1.807) is 11.8 Å². The van der Waals surface area contributed by atoms with Gasteiger partial charge in [-0.05, 0) is 78.8 Å². The van der Waals surface area contributed by atoms with E-state index in [9.17, 15) is 24.6 Å². The van der Waals surface area contributed by atoms with E-state index in [2.05, 4.69) is 12.1 Å². The fourth-order valence-electron chi connectivity index (χ4n) is 6.03. The number of nitrogens with zero attached hydrogens (tertiary/aromatic N) is 3. The molecule has 43 heavy (non-hydrogen) atoms. The predicted octanol–water partition coefficient (Wildman–Crippen LogP) is 8.24. The SMILES string of the molecule is Cc1cc(CSc2ccc(Cl)cc2)c(C)c(C2C(C#N)=C(N)N(c3ccc(F)cc3[N+](=O)[O-])C3=C2C(=O)CC(C)(C)C3)c1. The maximum Gasteiger partial charge on any atom is 0.296 e. The van der Waals surface area contributed by atoms with Crippen LogP contribution in [0.25, 0.3) is 0 Å². The number of thioether (sulfide) groups is 1. The van der Waals surface area contributed by atoms with Gasteiger partial charge in [0, 0.05) is 33.4 Å². The maximum atomic E-state index is 14.1. The highest BCUT2D eigenvalue weighted by Gasteiger charge is 2.46. The van der Waals surface area contributed by atoms with E-state index in [0.717, 1.165) is 39.3 Å². The number of nitriles is 1. The van der Waals surface area contributed by atoms with Gasteiger partial charge in [0.05, 0.1) is 28.5 Å². The molecule has 1 aliphatic carbocycles. The summed E-state index contributed by atoms with van der Waals surface area (Å²) in [5.74, 6) is -1.04. The Morgan fingerprint density at radius 2 is 1.86 bits per heavy atom. The van der Waals surface area contributed by atoms with Gasteiger partial charge in [-0.3, -0.25) is 19.8 Å². The Morgan fingerprint density at radius 3 is 2.51 bits per heavy atom. The number of hydrogen-bond acceptors (Lipinski definition) is 7. The number of carbonyl (C=O) groups is 1. The van der Waals surface area contributed by atoms with Crippen LogP contribution in [0.5, 0.6) is 0 Å². The molecule has 3 aromatic carbocycles. The average Bonchev–Trinajstić information content (AvgIpc) is 2.93. The number of benzene rings is 3. The molecule has 0 saturated carbocycles. The molecule has 0 amide bonds. The van der Waals surface area contributed by atoms with Crippen LogP contribution in [-0.4, -0.2) is 10.7 Å². The summed E-state index contributed by atoms with van der Waals surface area (Å²) in [6.45, 7) is 7.85. The standard InChI is InChI=1S/C33H30ClFN4O3S/c1-18-11-20(17-43-23-8-5-21(34)6-9-23)19(2)24(12-18)30-25(16-36)32(37)38(26-10-7-22(35)13-27(26)39(41)42)28-14-33(3,4)15-29(40)31(28)30/h5-13,30H,14-15,17,37H2,1-4H3. The number of Topliss-reactive ketones (excluding diaryl/α,β-unsaturated/α-hetero) is 1. The molecule has 3 aromatic rings. The minimum Gasteiger partial charge on any atom is -0.384 e. The molecule has 0 bridgehead atoms. The lowest BCUT2D eigenvalue weighted by molar-refractivity contribution is -0.384. The first kappa shape index (κ1) is 30.3. The minimum absolute atomic E-state index is 0.00844. The van der Waals surface area contributed by atoms with Gasteiger partial charge in [0.15, 0.2) is 5.78 Å². The molecule has 1 heterocycles. The molecule has 0 radical (unpaired) electrons. The van der Waals surface area contributed by atoms with Crippen LogP contribution in [0.4, 0.5) is 15.8 Å². The van der Waals surface area contributed by atoms with Crippen molar-refractivity contribution in [3.05, 3.63) is 120 Å². The molecule has 0 aromatic heterocycles. The summed E-state index contributed by atoms with van der Waals surface area (Å²) < 4.78 is 14.1. The largest absolute Gasteiger partial charge is 0.384 e. The van der Waals surface area contributed by atoms with E-state index in [0.29, 0.717) is 28.5 Å². The third kappa shape index (κ3) is 5.77. The van der Waals surface area contributed by atoms with Crippen LogP contribution in [0, 0.1) is 46.5 Å². The van der Waals surface area contributed by atoms with Crippen molar-refractivity contribution in [2.24, 2.45) is 11.1 Å². The van der Waals surface area contributed by atoms with E-state index in [-0.39, 0.29) is 29.3 Å². The molecule has 0 spiro atoms. The Bertz CT molecular complexity index is 1780. The van der Waals surface area contributed by atoms with Gasteiger partial charge in [-0.1, -0.05) is 43.1 Å². The van der Waals surface area contributed by atoms with E-state index < -0.39 is 27.8 Å². The zero-order valence-electron chi connectivity index (χ0n) is 24.2. The number of halogens is 2. The highest BCUT2D eigenvalue weighted by Crippen LogP contribution is 2.52. The van der Waals surface area contributed by atoms with Crippen molar-refractivity contribution in [1.82, 2.24) is 0 Å². The van der Waals surface area contributed by atoms with Crippen LogP contribution in [-0.2, 0) is 10.5 Å². The molecule has 10 heteroatoms. The number of ketones is 1. The van der Waals surface area contributed by atoms with Crippen molar-refractivity contribution < 1.29 is 14.1 Å². The lowest BCUT2D eigenvalue weighted by Gasteiger charge is -2.43. The second kappa shape index (κ2) is 11.5. The number of nitrogens with two attached hydrogens (primary N) is 1. The van der Waals surface area contributed by atoms with Gasteiger partial charge in [-0.25, -0.2) is 4.39 Å². The van der Waals surface area contributed by atoms with E-state index >= 15 is 0 Å².